The molecule has 2 aliphatic heterocycles. The van der Waals surface area contributed by atoms with Crippen molar-refractivity contribution < 1.29 is 18.0 Å². The van der Waals surface area contributed by atoms with Crippen LogP contribution in [0.2, 0.25) is 0 Å². The van der Waals surface area contributed by atoms with Gasteiger partial charge in [0.15, 0.2) is 0 Å². The number of fused-ring (bicyclic) bond motifs is 1. The van der Waals surface area contributed by atoms with E-state index in [4.69, 9.17) is 0 Å². The van der Waals surface area contributed by atoms with E-state index in [1.165, 1.54) is 12.1 Å². The molecule has 0 saturated carbocycles. The molecule has 1 aromatic rings. The Kier molecular flexibility index (Phi) is 3.73. The summed E-state index contributed by atoms with van der Waals surface area (Å²) in [5.41, 5.74) is -1.14. The zero-order valence-corrected chi connectivity index (χ0v) is 12.7. The number of alkyl halides is 3. The molecule has 2 atom stereocenters. The summed E-state index contributed by atoms with van der Waals surface area (Å²) < 4.78 is 39.7. The molecular weight excluding hydrogens is 349 g/mol. The Morgan fingerprint density at radius 3 is 2.81 bits per heavy atom. The molecule has 3 nitrogen and oxygen atoms in total. The van der Waals surface area contributed by atoms with Crippen molar-refractivity contribution in [3.05, 3.63) is 33.8 Å². The molecule has 2 saturated heterocycles. The number of hydrogen-bond acceptors (Lipinski definition) is 2. The fourth-order valence-corrected chi connectivity index (χ4v) is 3.55. The van der Waals surface area contributed by atoms with E-state index in [1.54, 1.807) is 4.90 Å². The molecule has 2 fully saturated rings. The first kappa shape index (κ1) is 14.8. The normalized spacial score (nSPS) is 25.2. The zero-order valence-electron chi connectivity index (χ0n) is 11.1. The number of nitrogens with one attached hydrogen (secondary N) is 1. The van der Waals surface area contributed by atoms with Crippen molar-refractivity contribution in [2.45, 2.75) is 18.6 Å². The molecule has 1 N–H and O–H groups in total. The fraction of sp³-hybridized carbons (Fsp3) is 0.500. The number of carbonyl (C=O) groups excluding carboxylic acids is 1. The van der Waals surface area contributed by atoms with Crippen LogP contribution < -0.4 is 5.32 Å². The van der Waals surface area contributed by atoms with Gasteiger partial charge in [-0.1, -0.05) is 15.9 Å². The standard InChI is InChI=1S/C14H14BrF3N2O/c15-9-1-2-10(11(5-9)14(16,17)18)13(21)20-4-3-8-6-19-7-12(8)20/h1-2,5,8,12,19H,3-4,6-7H2/t8-,12+/m0/s1. The number of carbonyl (C=O) groups is 1. The van der Waals surface area contributed by atoms with Crippen molar-refractivity contribution in [2.24, 2.45) is 5.92 Å². The van der Waals surface area contributed by atoms with Gasteiger partial charge in [0.1, 0.15) is 0 Å². The summed E-state index contributed by atoms with van der Waals surface area (Å²) in [6.07, 6.45) is -3.69. The number of likely N-dealkylation sites (tertiary alicyclic amines) is 1. The SMILES string of the molecule is O=C(c1ccc(Br)cc1C(F)(F)F)N1CC[C@H]2CNC[C@H]21. The molecule has 2 aliphatic rings. The monoisotopic (exact) mass is 362 g/mol. The van der Waals surface area contributed by atoms with Crippen molar-refractivity contribution in [1.82, 2.24) is 10.2 Å². The third-order valence-corrected chi connectivity index (χ3v) is 4.72. The quantitative estimate of drug-likeness (QED) is 0.832. The summed E-state index contributed by atoms with van der Waals surface area (Å²) in [5, 5.41) is 3.19. The third kappa shape index (κ3) is 2.68. The molecule has 3 rings (SSSR count). The van der Waals surface area contributed by atoms with Crippen molar-refractivity contribution in [2.75, 3.05) is 19.6 Å². The van der Waals surface area contributed by atoms with Gasteiger partial charge in [0.25, 0.3) is 5.91 Å². The Balaban J connectivity index is 1.95. The van der Waals surface area contributed by atoms with Crippen molar-refractivity contribution in [3.8, 4) is 0 Å². The summed E-state index contributed by atoms with van der Waals surface area (Å²) >= 11 is 3.03. The van der Waals surface area contributed by atoms with Crippen LogP contribution in [0.1, 0.15) is 22.3 Å². The second-order valence-corrected chi connectivity index (χ2v) is 6.38. The molecule has 21 heavy (non-hydrogen) atoms. The number of hydrogen-bond donors (Lipinski definition) is 1. The Morgan fingerprint density at radius 2 is 2.10 bits per heavy atom. The molecule has 0 aromatic heterocycles. The molecular formula is C14H14BrF3N2O. The number of benzene rings is 1. The lowest BCUT2D eigenvalue weighted by molar-refractivity contribution is -0.138. The molecule has 1 aromatic carbocycles. The van der Waals surface area contributed by atoms with Gasteiger partial charge in [-0.15, -0.1) is 0 Å². The van der Waals surface area contributed by atoms with Crippen LogP contribution in [-0.4, -0.2) is 36.5 Å². The minimum absolute atomic E-state index is 0.0160. The van der Waals surface area contributed by atoms with Crippen molar-refractivity contribution >= 4 is 21.8 Å². The predicted octanol–water partition coefficient (Wildman–Crippen LogP) is 2.90. The minimum atomic E-state index is -4.54. The first-order valence-electron chi connectivity index (χ1n) is 6.76. The van der Waals surface area contributed by atoms with E-state index in [9.17, 15) is 18.0 Å². The molecule has 0 bridgehead atoms. The maximum Gasteiger partial charge on any atom is 0.417 e. The van der Waals surface area contributed by atoms with E-state index in [1.807, 2.05) is 0 Å². The van der Waals surface area contributed by atoms with Gasteiger partial charge >= 0.3 is 6.18 Å². The van der Waals surface area contributed by atoms with E-state index in [-0.39, 0.29) is 11.6 Å². The van der Waals surface area contributed by atoms with E-state index in [2.05, 4.69) is 21.2 Å². The van der Waals surface area contributed by atoms with Crippen LogP contribution in [0.25, 0.3) is 0 Å². The lowest BCUT2D eigenvalue weighted by atomic mass is 10.0. The molecule has 1 amide bonds. The average Bonchev–Trinajstić information content (AvgIpc) is 2.99. The van der Waals surface area contributed by atoms with Crippen LogP contribution in [0.3, 0.4) is 0 Å². The second-order valence-electron chi connectivity index (χ2n) is 5.46. The smallest absolute Gasteiger partial charge is 0.334 e. The fourth-order valence-electron chi connectivity index (χ4n) is 3.19. The first-order chi connectivity index (χ1) is 9.88. The lowest BCUT2D eigenvalue weighted by Gasteiger charge is -2.25. The zero-order chi connectivity index (χ0) is 15.2. The van der Waals surface area contributed by atoms with Gasteiger partial charge < -0.3 is 10.2 Å². The Bertz CT molecular complexity index is 576. The van der Waals surface area contributed by atoms with Gasteiger partial charge in [0.05, 0.1) is 11.1 Å². The molecule has 2 heterocycles. The molecule has 7 heteroatoms. The lowest BCUT2D eigenvalue weighted by Crippen LogP contribution is -2.39. The summed E-state index contributed by atoms with van der Waals surface area (Å²) in [4.78, 5) is 14.1. The average molecular weight is 363 g/mol. The van der Waals surface area contributed by atoms with Crippen LogP contribution in [-0.2, 0) is 6.18 Å². The maximum atomic E-state index is 13.1. The highest BCUT2D eigenvalue weighted by molar-refractivity contribution is 9.10. The van der Waals surface area contributed by atoms with Gasteiger partial charge in [0.2, 0.25) is 0 Å². The highest BCUT2D eigenvalue weighted by Gasteiger charge is 2.42. The van der Waals surface area contributed by atoms with Crippen molar-refractivity contribution in [3.63, 3.8) is 0 Å². The largest absolute Gasteiger partial charge is 0.417 e. The minimum Gasteiger partial charge on any atom is -0.334 e. The van der Waals surface area contributed by atoms with Gasteiger partial charge in [-0.25, -0.2) is 0 Å². The van der Waals surface area contributed by atoms with Gasteiger partial charge in [0, 0.05) is 30.1 Å². The van der Waals surface area contributed by atoms with Crippen LogP contribution in [0.5, 0.6) is 0 Å². The highest BCUT2D eigenvalue weighted by atomic mass is 79.9. The Morgan fingerprint density at radius 1 is 1.33 bits per heavy atom. The summed E-state index contributed by atoms with van der Waals surface area (Å²) in [6, 6.07) is 3.71. The van der Waals surface area contributed by atoms with Crippen molar-refractivity contribution in [1.29, 1.82) is 0 Å². The molecule has 114 valence electrons. The molecule has 0 spiro atoms. The molecule has 0 aliphatic carbocycles. The molecule has 0 radical (unpaired) electrons. The summed E-state index contributed by atoms with van der Waals surface area (Å²) in [5.74, 6) is -0.162. The summed E-state index contributed by atoms with van der Waals surface area (Å²) in [6.45, 7) is 2.03. The highest BCUT2D eigenvalue weighted by Crippen LogP contribution is 2.36. The Hall–Kier alpha value is -1.08. The van der Waals surface area contributed by atoms with Crippen LogP contribution >= 0.6 is 15.9 Å². The van der Waals surface area contributed by atoms with Gasteiger partial charge in [-0.3, -0.25) is 4.79 Å². The number of amides is 1. The van der Waals surface area contributed by atoms with E-state index in [0.29, 0.717) is 23.5 Å². The van der Waals surface area contributed by atoms with Crippen LogP contribution in [0.4, 0.5) is 13.2 Å². The van der Waals surface area contributed by atoms with E-state index >= 15 is 0 Å². The van der Waals surface area contributed by atoms with Crippen LogP contribution in [0.15, 0.2) is 22.7 Å². The topological polar surface area (TPSA) is 32.3 Å². The Labute approximate surface area is 128 Å². The number of nitrogens with zero attached hydrogens (tertiary/aromatic N) is 1. The predicted molar refractivity (Wildman–Crippen MR) is 74.9 cm³/mol. The first-order valence-corrected chi connectivity index (χ1v) is 7.55. The van der Waals surface area contributed by atoms with Gasteiger partial charge in [-0.2, -0.15) is 13.2 Å². The maximum absolute atomic E-state index is 13.1. The number of halogens is 4. The van der Waals surface area contributed by atoms with Crippen LogP contribution in [0, 0.1) is 5.92 Å². The molecule has 0 unspecified atom stereocenters. The van der Waals surface area contributed by atoms with E-state index in [0.717, 1.165) is 19.0 Å². The van der Waals surface area contributed by atoms with Gasteiger partial charge in [-0.05, 0) is 30.5 Å². The summed E-state index contributed by atoms with van der Waals surface area (Å²) in [7, 11) is 0. The third-order valence-electron chi connectivity index (χ3n) is 4.22. The number of rotatable bonds is 1. The van der Waals surface area contributed by atoms with E-state index < -0.39 is 17.6 Å². The second kappa shape index (κ2) is 5.28.